The maximum Gasteiger partial charge on any atom is 0.343 e. The van der Waals surface area contributed by atoms with Gasteiger partial charge in [0.1, 0.15) is 11.9 Å². The standard InChI is InChI=1S/C12H11ClN6O4/c13-6-1-5(9(14)20)2-15-10(6)18-4-8-16-17-12(23)19(8)3-7(18)11(21)22/h1-2,7H,3-4H2,(H2,14,20)(H,17,23)(H,21,22). The molecule has 0 saturated heterocycles. The Kier molecular flexibility index (Phi) is 3.52. The molecule has 1 amide bonds. The van der Waals surface area contributed by atoms with Crippen LogP contribution in [0.1, 0.15) is 16.2 Å². The number of carboxylic acid groups (broad SMARTS) is 1. The van der Waals surface area contributed by atoms with Crippen molar-refractivity contribution < 1.29 is 14.7 Å². The number of carbonyl (C=O) groups is 2. The first-order valence-corrected chi connectivity index (χ1v) is 6.85. The minimum absolute atomic E-state index is 0.0261. The average molecular weight is 339 g/mol. The molecule has 0 bridgehead atoms. The van der Waals surface area contributed by atoms with Crippen LogP contribution >= 0.6 is 11.6 Å². The van der Waals surface area contributed by atoms with Gasteiger partial charge < -0.3 is 15.7 Å². The van der Waals surface area contributed by atoms with Crippen molar-refractivity contribution in [1.82, 2.24) is 19.7 Å². The number of nitrogens with two attached hydrogens (primary N) is 1. The summed E-state index contributed by atoms with van der Waals surface area (Å²) >= 11 is 6.11. The maximum atomic E-state index is 11.6. The summed E-state index contributed by atoms with van der Waals surface area (Å²) in [5.41, 5.74) is 4.79. The van der Waals surface area contributed by atoms with Gasteiger partial charge in [-0.1, -0.05) is 11.6 Å². The van der Waals surface area contributed by atoms with Crippen LogP contribution in [0.2, 0.25) is 5.02 Å². The Morgan fingerprint density at radius 2 is 2.22 bits per heavy atom. The lowest BCUT2D eigenvalue weighted by atomic mass is 10.1. The Morgan fingerprint density at radius 1 is 1.48 bits per heavy atom. The molecule has 1 unspecified atom stereocenters. The fraction of sp³-hybridized carbons (Fsp3) is 0.250. The van der Waals surface area contributed by atoms with Gasteiger partial charge in [0.25, 0.3) is 0 Å². The van der Waals surface area contributed by atoms with Gasteiger partial charge in [-0.2, -0.15) is 5.10 Å². The number of aliphatic carboxylic acids is 1. The lowest BCUT2D eigenvalue weighted by molar-refractivity contribution is -0.139. The van der Waals surface area contributed by atoms with E-state index in [4.69, 9.17) is 17.3 Å². The number of nitrogens with one attached hydrogen (secondary N) is 1. The molecular weight excluding hydrogens is 328 g/mol. The van der Waals surface area contributed by atoms with E-state index < -0.39 is 23.6 Å². The highest BCUT2D eigenvalue weighted by atomic mass is 35.5. The molecule has 1 atom stereocenters. The predicted molar refractivity (Wildman–Crippen MR) is 78.2 cm³/mol. The Labute approximate surface area is 133 Å². The number of carbonyl (C=O) groups excluding carboxylic acids is 1. The molecule has 2 aromatic heterocycles. The topological polar surface area (TPSA) is 147 Å². The van der Waals surface area contributed by atoms with E-state index in [-0.39, 0.29) is 29.5 Å². The largest absolute Gasteiger partial charge is 0.480 e. The molecule has 11 heteroatoms. The molecule has 1 aliphatic heterocycles. The molecule has 0 aliphatic carbocycles. The van der Waals surface area contributed by atoms with Gasteiger partial charge in [-0.15, -0.1) is 0 Å². The van der Waals surface area contributed by atoms with E-state index in [0.717, 1.165) is 0 Å². The normalized spacial score (nSPS) is 16.9. The smallest absolute Gasteiger partial charge is 0.343 e. The molecule has 3 rings (SSSR count). The van der Waals surface area contributed by atoms with Crippen LogP contribution in [0.25, 0.3) is 0 Å². The van der Waals surface area contributed by atoms with E-state index in [1.165, 1.54) is 21.7 Å². The molecule has 0 radical (unpaired) electrons. The van der Waals surface area contributed by atoms with Crippen molar-refractivity contribution in [1.29, 1.82) is 0 Å². The molecule has 0 aromatic carbocycles. The lowest BCUT2D eigenvalue weighted by Crippen LogP contribution is -2.50. The zero-order valence-electron chi connectivity index (χ0n) is 11.6. The summed E-state index contributed by atoms with van der Waals surface area (Å²) in [6.45, 7) is -0.0755. The number of aromatic nitrogens is 4. The third kappa shape index (κ3) is 2.52. The van der Waals surface area contributed by atoms with Crippen molar-refractivity contribution in [3.05, 3.63) is 39.2 Å². The van der Waals surface area contributed by atoms with Gasteiger partial charge >= 0.3 is 11.7 Å². The van der Waals surface area contributed by atoms with Gasteiger partial charge in [-0.25, -0.2) is 19.7 Å². The summed E-state index contributed by atoms with van der Waals surface area (Å²) in [6, 6.07) is 0.263. The number of aromatic amines is 1. The highest BCUT2D eigenvalue weighted by molar-refractivity contribution is 6.33. The maximum absolute atomic E-state index is 11.6. The lowest BCUT2D eigenvalue weighted by Gasteiger charge is -2.34. The Hall–Kier alpha value is -2.88. The molecule has 0 spiro atoms. The van der Waals surface area contributed by atoms with Crippen LogP contribution in [0.4, 0.5) is 5.82 Å². The minimum Gasteiger partial charge on any atom is -0.480 e. The van der Waals surface area contributed by atoms with Crippen molar-refractivity contribution >= 4 is 29.3 Å². The van der Waals surface area contributed by atoms with Crippen molar-refractivity contribution in [2.75, 3.05) is 4.90 Å². The van der Waals surface area contributed by atoms with Crippen LogP contribution in [0.5, 0.6) is 0 Å². The zero-order valence-corrected chi connectivity index (χ0v) is 12.3. The number of pyridine rings is 1. The van der Waals surface area contributed by atoms with Gasteiger partial charge in [0.05, 0.1) is 23.7 Å². The number of rotatable bonds is 3. The molecule has 23 heavy (non-hydrogen) atoms. The fourth-order valence-electron chi connectivity index (χ4n) is 2.40. The van der Waals surface area contributed by atoms with Crippen LogP contribution in [0, 0.1) is 0 Å². The van der Waals surface area contributed by atoms with Gasteiger partial charge in [-0.05, 0) is 6.07 Å². The second kappa shape index (κ2) is 5.39. The summed E-state index contributed by atoms with van der Waals surface area (Å²) in [5.74, 6) is -1.30. The number of hydrogen-bond acceptors (Lipinski definition) is 6. The quantitative estimate of drug-likeness (QED) is 0.663. The molecule has 0 saturated carbocycles. The summed E-state index contributed by atoms with van der Waals surface area (Å²) in [5, 5.41) is 15.6. The van der Waals surface area contributed by atoms with Gasteiger partial charge in [-0.3, -0.25) is 9.36 Å². The monoisotopic (exact) mass is 338 g/mol. The SMILES string of the molecule is NC(=O)c1cnc(N2Cc3n[nH]c(=O)n3CC2C(=O)O)c(Cl)c1. The first kappa shape index (κ1) is 15.0. The van der Waals surface area contributed by atoms with Gasteiger partial charge in [0.2, 0.25) is 5.91 Å². The summed E-state index contributed by atoms with van der Waals surface area (Å²) in [6.07, 6.45) is 1.22. The number of primary amides is 1. The van der Waals surface area contributed by atoms with E-state index in [1.807, 2.05) is 0 Å². The third-order valence-electron chi connectivity index (χ3n) is 3.54. The highest BCUT2D eigenvalue weighted by Crippen LogP contribution is 2.29. The van der Waals surface area contributed by atoms with Gasteiger partial charge in [0.15, 0.2) is 5.82 Å². The Bertz CT molecular complexity index is 859. The Morgan fingerprint density at radius 3 is 2.83 bits per heavy atom. The predicted octanol–water partition coefficient (Wildman–Crippen LogP) is -0.808. The van der Waals surface area contributed by atoms with E-state index in [2.05, 4.69) is 15.2 Å². The zero-order chi connectivity index (χ0) is 16.7. The van der Waals surface area contributed by atoms with Crippen molar-refractivity contribution in [3.8, 4) is 0 Å². The molecule has 1 aliphatic rings. The third-order valence-corrected chi connectivity index (χ3v) is 3.82. The molecule has 10 nitrogen and oxygen atoms in total. The molecular formula is C12H11ClN6O4. The molecule has 4 N–H and O–H groups in total. The number of fused-ring (bicyclic) bond motifs is 1. The van der Waals surface area contributed by atoms with E-state index >= 15 is 0 Å². The van der Waals surface area contributed by atoms with E-state index in [0.29, 0.717) is 5.82 Å². The summed E-state index contributed by atoms with van der Waals surface area (Å²) in [7, 11) is 0. The fourth-order valence-corrected chi connectivity index (χ4v) is 2.68. The van der Waals surface area contributed by atoms with Crippen LogP contribution in [-0.2, 0) is 17.9 Å². The van der Waals surface area contributed by atoms with E-state index in [9.17, 15) is 19.5 Å². The summed E-state index contributed by atoms with van der Waals surface area (Å²) in [4.78, 5) is 39.7. The second-order valence-corrected chi connectivity index (χ2v) is 5.34. The number of hydrogen-bond donors (Lipinski definition) is 3. The molecule has 120 valence electrons. The van der Waals surface area contributed by atoms with Crippen molar-refractivity contribution in [3.63, 3.8) is 0 Å². The number of anilines is 1. The average Bonchev–Trinajstić information content (AvgIpc) is 2.86. The minimum atomic E-state index is -1.14. The summed E-state index contributed by atoms with van der Waals surface area (Å²) < 4.78 is 1.25. The highest BCUT2D eigenvalue weighted by Gasteiger charge is 2.35. The molecule has 3 heterocycles. The number of halogens is 1. The first-order valence-electron chi connectivity index (χ1n) is 6.47. The number of carboxylic acids is 1. The van der Waals surface area contributed by atoms with Crippen LogP contribution in [-0.4, -0.2) is 42.8 Å². The van der Waals surface area contributed by atoms with Crippen molar-refractivity contribution in [2.24, 2.45) is 5.73 Å². The Balaban J connectivity index is 2.05. The van der Waals surface area contributed by atoms with E-state index in [1.54, 1.807) is 0 Å². The number of amides is 1. The second-order valence-electron chi connectivity index (χ2n) is 4.93. The van der Waals surface area contributed by atoms with Gasteiger partial charge in [0, 0.05) is 6.20 Å². The van der Waals surface area contributed by atoms with Crippen LogP contribution < -0.4 is 16.3 Å². The number of nitrogens with zero attached hydrogens (tertiary/aromatic N) is 4. The van der Waals surface area contributed by atoms with Crippen LogP contribution in [0.15, 0.2) is 17.1 Å². The van der Waals surface area contributed by atoms with Crippen molar-refractivity contribution in [2.45, 2.75) is 19.1 Å². The van der Waals surface area contributed by atoms with Crippen LogP contribution in [0.3, 0.4) is 0 Å². The molecule has 0 fully saturated rings. The first-order chi connectivity index (χ1) is 10.9. The molecule has 2 aromatic rings. The number of H-pyrrole nitrogens is 1.